The molecular formula is C24H23NO5. The molecule has 6 nitrogen and oxygen atoms in total. The van der Waals surface area contributed by atoms with Crippen LogP contribution in [0.2, 0.25) is 0 Å². The van der Waals surface area contributed by atoms with Crippen LogP contribution in [-0.2, 0) is 14.3 Å². The number of amides is 1. The molecule has 0 saturated heterocycles. The number of esters is 1. The van der Waals surface area contributed by atoms with Crippen molar-refractivity contribution < 1.29 is 23.8 Å². The zero-order valence-corrected chi connectivity index (χ0v) is 16.9. The molecule has 3 rings (SSSR count). The van der Waals surface area contributed by atoms with Gasteiger partial charge in [0.1, 0.15) is 0 Å². The molecule has 0 aromatic heterocycles. The van der Waals surface area contributed by atoms with Gasteiger partial charge in [-0.2, -0.15) is 0 Å². The minimum atomic E-state index is -0.650. The quantitative estimate of drug-likeness (QED) is 0.561. The lowest BCUT2D eigenvalue weighted by Crippen LogP contribution is -2.23. The van der Waals surface area contributed by atoms with E-state index < -0.39 is 18.5 Å². The van der Waals surface area contributed by atoms with Crippen LogP contribution in [0.4, 0.5) is 5.69 Å². The minimum Gasteiger partial charge on any atom is -0.493 e. The van der Waals surface area contributed by atoms with Crippen LogP contribution in [0.25, 0.3) is 16.8 Å². The van der Waals surface area contributed by atoms with Gasteiger partial charge in [0.2, 0.25) is 0 Å². The summed E-state index contributed by atoms with van der Waals surface area (Å²) >= 11 is 0. The molecule has 0 fully saturated rings. The summed E-state index contributed by atoms with van der Waals surface area (Å²) in [4.78, 5) is 24.2. The van der Waals surface area contributed by atoms with Gasteiger partial charge in [0.05, 0.1) is 7.11 Å². The molecule has 1 amide bonds. The topological polar surface area (TPSA) is 73.9 Å². The molecule has 30 heavy (non-hydrogen) atoms. The van der Waals surface area contributed by atoms with Crippen molar-refractivity contribution >= 4 is 34.4 Å². The van der Waals surface area contributed by atoms with Gasteiger partial charge < -0.3 is 19.5 Å². The van der Waals surface area contributed by atoms with Crippen LogP contribution in [0.5, 0.6) is 11.5 Å². The third-order valence-electron chi connectivity index (χ3n) is 4.32. The third kappa shape index (κ3) is 5.38. The molecule has 0 spiro atoms. The minimum absolute atomic E-state index is 0.332. The van der Waals surface area contributed by atoms with E-state index in [1.807, 2.05) is 61.5 Å². The number of ether oxygens (including phenoxy) is 3. The van der Waals surface area contributed by atoms with Gasteiger partial charge in [-0.05, 0) is 36.1 Å². The van der Waals surface area contributed by atoms with Crippen LogP contribution in [0, 0.1) is 0 Å². The number of carbonyl (C=O) groups excluding carboxylic acids is 2. The molecular weight excluding hydrogens is 382 g/mol. The summed E-state index contributed by atoms with van der Waals surface area (Å²) in [7, 11) is 1.53. The number of nitrogens with one attached hydrogen (secondary N) is 1. The summed E-state index contributed by atoms with van der Waals surface area (Å²) in [5.41, 5.74) is 1.62. The molecule has 0 aliphatic carbocycles. The van der Waals surface area contributed by atoms with E-state index in [0.717, 1.165) is 16.3 Å². The van der Waals surface area contributed by atoms with Gasteiger partial charge in [-0.1, -0.05) is 54.6 Å². The Kier molecular flexibility index (Phi) is 7.05. The van der Waals surface area contributed by atoms with E-state index in [1.54, 1.807) is 18.2 Å². The van der Waals surface area contributed by atoms with Crippen molar-refractivity contribution in [3.8, 4) is 11.5 Å². The summed E-state index contributed by atoms with van der Waals surface area (Å²) in [5.74, 6) is -0.148. The number of hydrogen-bond acceptors (Lipinski definition) is 5. The number of anilines is 1. The van der Waals surface area contributed by atoms with Crippen LogP contribution in [0.3, 0.4) is 0 Å². The van der Waals surface area contributed by atoms with Gasteiger partial charge in [-0.3, -0.25) is 4.79 Å². The third-order valence-corrected chi connectivity index (χ3v) is 4.32. The first kappa shape index (κ1) is 20.9. The van der Waals surface area contributed by atoms with Crippen molar-refractivity contribution in [3.05, 3.63) is 72.3 Å². The lowest BCUT2D eigenvalue weighted by Gasteiger charge is -2.12. The van der Waals surface area contributed by atoms with Crippen molar-refractivity contribution in [1.82, 2.24) is 0 Å². The fourth-order valence-electron chi connectivity index (χ4n) is 2.94. The second-order valence-corrected chi connectivity index (χ2v) is 6.43. The second kappa shape index (κ2) is 10.1. The molecule has 0 radical (unpaired) electrons. The first-order chi connectivity index (χ1) is 14.6. The van der Waals surface area contributed by atoms with E-state index in [1.165, 1.54) is 7.11 Å². The van der Waals surface area contributed by atoms with Gasteiger partial charge in [-0.25, -0.2) is 4.79 Å². The van der Waals surface area contributed by atoms with E-state index in [2.05, 4.69) is 5.32 Å². The summed E-state index contributed by atoms with van der Waals surface area (Å²) in [6.45, 7) is 1.19. The van der Waals surface area contributed by atoms with Crippen LogP contribution < -0.4 is 14.8 Å². The molecule has 3 aromatic rings. The largest absolute Gasteiger partial charge is 0.493 e. The van der Waals surface area contributed by atoms with E-state index in [9.17, 15) is 9.59 Å². The predicted molar refractivity (Wildman–Crippen MR) is 117 cm³/mol. The van der Waals surface area contributed by atoms with Gasteiger partial charge >= 0.3 is 5.97 Å². The van der Waals surface area contributed by atoms with E-state index in [-0.39, 0.29) is 6.61 Å². The molecule has 0 atom stereocenters. The monoisotopic (exact) mass is 405 g/mol. The Labute approximate surface area is 175 Å². The Balaban J connectivity index is 1.51. The Morgan fingerprint density at radius 3 is 2.57 bits per heavy atom. The second-order valence-electron chi connectivity index (χ2n) is 6.43. The zero-order chi connectivity index (χ0) is 21.3. The van der Waals surface area contributed by atoms with Crippen molar-refractivity contribution in [2.24, 2.45) is 0 Å². The van der Waals surface area contributed by atoms with Crippen molar-refractivity contribution in [2.75, 3.05) is 25.6 Å². The maximum atomic E-state index is 12.2. The highest BCUT2D eigenvalue weighted by Gasteiger charge is 2.12. The first-order valence-electron chi connectivity index (χ1n) is 9.47. The zero-order valence-electron chi connectivity index (χ0n) is 16.9. The average Bonchev–Trinajstić information content (AvgIpc) is 2.77. The van der Waals surface area contributed by atoms with Crippen LogP contribution >= 0.6 is 0 Å². The molecule has 0 bridgehead atoms. The van der Waals surface area contributed by atoms with Gasteiger partial charge in [0, 0.05) is 11.1 Å². The van der Waals surface area contributed by atoms with E-state index >= 15 is 0 Å². The molecule has 0 aliphatic heterocycles. The maximum Gasteiger partial charge on any atom is 0.344 e. The van der Waals surface area contributed by atoms with Crippen LogP contribution in [-0.4, -0.2) is 32.2 Å². The Bertz CT molecular complexity index is 1070. The molecule has 154 valence electrons. The standard InChI is InChI=1S/C24H23NO5/c1-3-7-17-12-13-21(22(14-17)28-2)29-16-24(27)30-15-23(26)25-20-11-6-9-18-8-4-5-10-19(18)20/h3-14H,15-16H2,1-2H3,(H,25,26)/b7-3+. The number of rotatable bonds is 8. The van der Waals surface area contributed by atoms with Gasteiger partial charge in [0.15, 0.2) is 24.7 Å². The lowest BCUT2D eigenvalue weighted by atomic mass is 10.1. The summed E-state index contributed by atoms with van der Waals surface area (Å²) < 4.78 is 15.8. The normalized spacial score (nSPS) is 10.7. The molecule has 0 aliphatic rings. The average molecular weight is 405 g/mol. The highest BCUT2D eigenvalue weighted by Crippen LogP contribution is 2.28. The highest BCUT2D eigenvalue weighted by atomic mass is 16.6. The van der Waals surface area contributed by atoms with Crippen molar-refractivity contribution in [2.45, 2.75) is 6.92 Å². The maximum absolute atomic E-state index is 12.2. The molecule has 0 saturated carbocycles. The fourth-order valence-corrected chi connectivity index (χ4v) is 2.94. The Morgan fingerprint density at radius 1 is 0.967 bits per heavy atom. The van der Waals surface area contributed by atoms with E-state index in [0.29, 0.717) is 17.2 Å². The molecule has 0 unspecified atom stereocenters. The lowest BCUT2D eigenvalue weighted by molar-refractivity contribution is -0.149. The molecule has 3 aromatic carbocycles. The SMILES string of the molecule is C/C=C/c1ccc(OCC(=O)OCC(=O)Nc2cccc3ccccc23)c(OC)c1. The Morgan fingerprint density at radius 2 is 1.77 bits per heavy atom. The molecule has 1 N–H and O–H groups in total. The first-order valence-corrected chi connectivity index (χ1v) is 9.47. The van der Waals surface area contributed by atoms with Crippen molar-refractivity contribution in [1.29, 1.82) is 0 Å². The summed E-state index contributed by atoms with van der Waals surface area (Å²) in [6, 6.07) is 18.7. The summed E-state index contributed by atoms with van der Waals surface area (Å²) in [6.07, 6.45) is 3.84. The summed E-state index contributed by atoms with van der Waals surface area (Å²) in [5, 5.41) is 4.69. The molecule has 6 heteroatoms. The number of carbonyl (C=O) groups is 2. The van der Waals surface area contributed by atoms with Crippen LogP contribution in [0.1, 0.15) is 12.5 Å². The number of allylic oxidation sites excluding steroid dienone is 1. The number of methoxy groups -OCH3 is 1. The molecule has 0 heterocycles. The number of hydrogen-bond donors (Lipinski definition) is 1. The highest BCUT2D eigenvalue weighted by molar-refractivity contribution is 6.02. The van der Waals surface area contributed by atoms with Gasteiger partial charge in [0.25, 0.3) is 5.91 Å². The number of benzene rings is 3. The van der Waals surface area contributed by atoms with Crippen molar-refractivity contribution in [3.63, 3.8) is 0 Å². The van der Waals surface area contributed by atoms with Gasteiger partial charge in [-0.15, -0.1) is 0 Å². The smallest absolute Gasteiger partial charge is 0.344 e. The number of fused-ring (bicyclic) bond motifs is 1. The Hall–Kier alpha value is -3.80. The fraction of sp³-hybridized carbons (Fsp3) is 0.167. The predicted octanol–water partition coefficient (Wildman–Crippen LogP) is 4.44. The van der Waals surface area contributed by atoms with E-state index in [4.69, 9.17) is 14.2 Å². The van der Waals surface area contributed by atoms with Crippen LogP contribution in [0.15, 0.2) is 66.7 Å².